The molecule has 1 amide bonds. The van der Waals surface area contributed by atoms with Crippen LogP contribution in [0.2, 0.25) is 0 Å². The summed E-state index contributed by atoms with van der Waals surface area (Å²) in [5, 5.41) is 12.0. The van der Waals surface area contributed by atoms with Crippen molar-refractivity contribution in [2.45, 2.75) is 24.5 Å². The summed E-state index contributed by atoms with van der Waals surface area (Å²) < 4.78 is 5.12. The fraction of sp³-hybridized carbons (Fsp3) is 0.222. The number of alkyl carbamates (subject to hydrolysis) is 1. The fourth-order valence-corrected chi connectivity index (χ4v) is 2.72. The highest BCUT2D eigenvalue weighted by Gasteiger charge is 2.62. The third-order valence-electron chi connectivity index (χ3n) is 4.08. The molecule has 0 saturated heterocycles. The van der Waals surface area contributed by atoms with Crippen LogP contribution in [0, 0.1) is 0 Å². The number of benzene rings is 2. The van der Waals surface area contributed by atoms with Gasteiger partial charge in [0.1, 0.15) is 12.1 Å². The van der Waals surface area contributed by atoms with Gasteiger partial charge in [-0.05, 0) is 17.5 Å². The lowest BCUT2D eigenvalue weighted by Gasteiger charge is -2.15. The van der Waals surface area contributed by atoms with Gasteiger partial charge < -0.3 is 15.2 Å². The van der Waals surface area contributed by atoms with Crippen molar-refractivity contribution in [1.82, 2.24) is 5.32 Å². The molecule has 0 spiro atoms. The van der Waals surface area contributed by atoms with Gasteiger partial charge in [-0.25, -0.2) is 9.59 Å². The van der Waals surface area contributed by atoms with Gasteiger partial charge >= 0.3 is 12.1 Å². The minimum Gasteiger partial charge on any atom is -0.479 e. The molecule has 1 fully saturated rings. The van der Waals surface area contributed by atoms with Gasteiger partial charge in [0, 0.05) is 5.92 Å². The van der Waals surface area contributed by atoms with Gasteiger partial charge in [-0.1, -0.05) is 60.7 Å². The average molecular weight is 311 g/mol. The van der Waals surface area contributed by atoms with Gasteiger partial charge in [0.2, 0.25) is 0 Å². The van der Waals surface area contributed by atoms with Crippen LogP contribution in [-0.4, -0.2) is 22.7 Å². The van der Waals surface area contributed by atoms with Crippen molar-refractivity contribution >= 4 is 12.1 Å². The molecule has 2 N–H and O–H groups in total. The molecule has 5 heteroatoms. The first-order chi connectivity index (χ1) is 11.1. The molecule has 2 unspecified atom stereocenters. The maximum atomic E-state index is 12.0. The van der Waals surface area contributed by atoms with Crippen molar-refractivity contribution in [2.24, 2.45) is 0 Å². The Hall–Kier alpha value is -2.82. The Morgan fingerprint density at radius 3 is 2.30 bits per heavy atom. The van der Waals surface area contributed by atoms with Crippen molar-refractivity contribution in [3.63, 3.8) is 0 Å². The van der Waals surface area contributed by atoms with Gasteiger partial charge in [-0.3, -0.25) is 0 Å². The first-order valence-corrected chi connectivity index (χ1v) is 7.39. The number of carboxylic acids is 1. The van der Waals surface area contributed by atoms with E-state index in [-0.39, 0.29) is 12.5 Å². The molecule has 2 aromatic rings. The quantitative estimate of drug-likeness (QED) is 0.890. The second-order valence-electron chi connectivity index (χ2n) is 5.63. The monoisotopic (exact) mass is 311 g/mol. The summed E-state index contributed by atoms with van der Waals surface area (Å²) in [4.78, 5) is 23.6. The Morgan fingerprint density at radius 1 is 1.09 bits per heavy atom. The van der Waals surface area contributed by atoms with Crippen molar-refractivity contribution in [3.8, 4) is 0 Å². The molecule has 2 atom stereocenters. The smallest absolute Gasteiger partial charge is 0.408 e. The number of carbonyl (C=O) groups excluding carboxylic acids is 1. The molecule has 0 bridgehead atoms. The molecule has 23 heavy (non-hydrogen) atoms. The molecule has 5 nitrogen and oxygen atoms in total. The minimum absolute atomic E-state index is 0.110. The Kier molecular flexibility index (Phi) is 4.02. The summed E-state index contributed by atoms with van der Waals surface area (Å²) in [5.41, 5.74) is 0.482. The Bertz CT molecular complexity index is 701. The van der Waals surface area contributed by atoms with E-state index < -0.39 is 17.6 Å². The molecule has 0 aromatic heterocycles. The van der Waals surface area contributed by atoms with E-state index >= 15 is 0 Å². The lowest BCUT2D eigenvalue weighted by atomic mass is 10.1. The number of hydrogen-bond donors (Lipinski definition) is 2. The zero-order chi connectivity index (χ0) is 16.3. The molecule has 2 aromatic carbocycles. The number of rotatable bonds is 5. The molecule has 3 rings (SSSR count). The van der Waals surface area contributed by atoms with Crippen LogP contribution in [0.1, 0.15) is 23.5 Å². The molecule has 0 radical (unpaired) electrons. The number of nitrogens with one attached hydrogen (secondary N) is 1. The number of carboxylic acid groups (broad SMARTS) is 1. The second-order valence-corrected chi connectivity index (χ2v) is 5.63. The van der Waals surface area contributed by atoms with Gasteiger partial charge in [0.05, 0.1) is 0 Å². The summed E-state index contributed by atoms with van der Waals surface area (Å²) in [7, 11) is 0. The second kappa shape index (κ2) is 6.12. The van der Waals surface area contributed by atoms with Crippen molar-refractivity contribution < 1.29 is 19.4 Å². The topological polar surface area (TPSA) is 75.6 Å². The Labute approximate surface area is 133 Å². The number of aliphatic carboxylic acids is 1. The van der Waals surface area contributed by atoms with E-state index in [0.29, 0.717) is 6.42 Å². The Morgan fingerprint density at radius 2 is 1.70 bits per heavy atom. The maximum Gasteiger partial charge on any atom is 0.408 e. The van der Waals surface area contributed by atoms with Crippen LogP contribution in [-0.2, 0) is 16.1 Å². The van der Waals surface area contributed by atoms with Crippen molar-refractivity contribution in [3.05, 3.63) is 71.8 Å². The lowest BCUT2D eigenvalue weighted by molar-refractivity contribution is -0.140. The minimum atomic E-state index is -1.27. The summed E-state index contributed by atoms with van der Waals surface area (Å²) >= 11 is 0. The zero-order valence-corrected chi connectivity index (χ0v) is 12.4. The fourth-order valence-electron chi connectivity index (χ4n) is 2.72. The first-order valence-electron chi connectivity index (χ1n) is 7.39. The summed E-state index contributed by atoms with van der Waals surface area (Å²) in [6.07, 6.45) is -0.345. The van der Waals surface area contributed by atoms with Crippen LogP contribution >= 0.6 is 0 Å². The first kappa shape index (κ1) is 15.1. The van der Waals surface area contributed by atoms with Crippen LogP contribution in [0.4, 0.5) is 4.79 Å². The standard InChI is InChI=1S/C18H17NO4/c20-16(21)18(11-15(18)14-9-5-2-6-10-14)19-17(22)23-12-13-7-3-1-4-8-13/h1-10,15H,11-12H2,(H,19,22)(H,20,21). The number of carbonyl (C=O) groups is 2. The number of ether oxygens (including phenoxy) is 1. The highest BCUT2D eigenvalue weighted by Crippen LogP contribution is 2.51. The van der Waals surface area contributed by atoms with E-state index in [9.17, 15) is 14.7 Å². The third-order valence-corrected chi connectivity index (χ3v) is 4.08. The maximum absolute atomic E-state index is 12.0. The van der Waals surface area contributed by atoms with E-state index in [1.165, 1.54) is 0 Å². The highest BCUT2D eigenvalue weighted by atomic mass is 16.5. The highest BCUT2D eigenvalue weighted by molar-refractivity contribution is 5.89. The van der Waals surface area contributed by atoms with Crippen LogP contribution in [0.25, 0.3) is 0 Å². The normalized spacial score (nSPS) is 22.2. The summed E-state index contributed by atoms with van der Waals surface area (Å²) in [6.45, 7) is 0.110. The van der Waals surface area contributed by atoms with E-state index in [0.717, 1.165) is 11.1 Å². The molecular weight excluding hydrogens is 294 g/mol. The lowest BCUT2D eigenvalue weighted by Crippen LogP contribution is -2.44. The van der Waals surface area contributed by atoms with E-state index in [1.54, 1.807) is 0 Å². The van der Waals surface area contributed by atoms with Gasteiger partial charge in [0.15, 0.2) is 0 Å². The van der Waals surface area contributed by atoms with E-state index in [2.05, 4.69) is 5.32 Å². The molecule has 0 aliphatic heterocycles. The van der Waals surface area contributed by atoms with Gasteiger partial charge in [-0.2, -0.15) is 0 Å². The number of amides is 1. The number of hydrogen-bond acceptors (Lipinski definition) is 3. The molecule has 0 heterocycles. The van der Waals surface area contributed by atoms with Gasteiger partial charge in [0.25, 0.3) is 0 Å². The molecule has 1 aliphatic carbocycles. The van der Waals surface area contributed by atoms with E-state index in [4.69, 9.17) is 4.74 Å². The summed E-state index contributed by atoms with van der Waals surface area (Å²) in [5.74, 6) is -1.27. The van der Waals surface area contributed by atoms with Crippen LogP contribution in [0.15, 0.2) is 60.7 Å². The predicted octanol–water partition coefficient (Wildman–Crippen LogP) is 2.92. The molecular formula is C18H17NO4. The van der Waals surface area contributed by atoms with Crippen LogP contribution in [0.3, 0.4) is 0 Å². The molecule has 118 valence electrons. The largest absolute Gasteiger partial charge is 0.479 e. The van der Waals surface area contributed by atoms with Crippen LogP contribution in [0.5, 0.6) is 0 Å². The van der Waals surface area contributed by atoms with Crippen LogP contribution < -0.4 is 5.32 Å². The zero-order valence-electron chi connectivity index (χ0n) is 12.4. The SMILES string of the molecule is O=C(NC1(C(=O)O)CC1c1ccccc1)OCc1ccccc1. The average Bonchev–Trinajstić information content (AvgIpc) is 3.30. The van der Waals surface area contributed by atoms with E-state index in [1.807, 2.05) is 60.7 Å². The Balaban J connectivity index is 1.63. The predicted molar refractivity (Wildman–Crippen MR) is 83.9 cm³/mol. The third kappa shape index (κ3) is 3.18. The molecule has 1 saturated carbocycles. The van der Waals surface area contributed by atoms with Crippen molar-refractivity contribution in [2.75, 3.05) is 0 Å². The summed E-state index contributed by atoms with van der Waals surface area (Å²) in [6, 6.07) is 18.6. The van der Waals surface area contributed by atoms with Gasteiger partial charge in [-0.15, -0.1) is 0 Å². The molecule has 1 aliphatic rings. The van der Waals surface area contributed by atoms with Crippen molar-refractivity contribution in [1.29, 1.82) is 0 Å².